The van der Waals surface area contributed by atoms with Crippen molar-refractivity contribution in [2.45, 2.75) is 32.2 Å². The summed E-state index contributed by atoms with van der Waals surface area (Å²) in [5.41, 5.74) is 2.35. The number of aryl methyl sites for hydroxylation is 1. The van der Waals surface area contributed by atoms with Crippen molar-refractivity contribution < 1.29 is 4.42 Å². The van der Waals surface area contributed by atoms with Gasteiger partial charge in [0.1, 0.15) is 0 Å². The monoisotopic (exact) mass is 242 g/mol. The summed E-state index contributed by atoms with van der Waals surface area (Å²) in [6.45, 7) is 3.04. The van der Waals surface area contributed by atoms with E-state index in [-0.39, 0.29) is 0 Å². The number of benzene rings is 1. The molecular formula is C15H18N2O. The molecule has 0 aliphatic heterocycles. The van der Waals surface area contributed by atoms with Gasteiger partial charge in [0.25, 0.3) is 0 Å². The average Bonchev–Trinajstić information content (AvgIpc) is 3.08. The van der Waals surface area contributed by atoms with Crippen LogP contribution in [0.4, 0.5) is 0 Å². The predicted molar refractivity (Wildman–Crippen MR) is 71.4 cm³/mol. The van der Waals surface area contributed by atoms with Gasteiger partial charge in [0.2, 0.25) is 0 Å². The topological polar surface area (TPSA) is 38.1 Å². The molecule has 2 aromatic rings. The third-order valence-corrected chi connectivity index (χ3v) is 3.24. The van der Waals surface area contributed by atoms with Crippen LogP contribution in [0.1, 0.15) is 24.3 Å². The normalized spacial score (nSPS) is 14.9. The van der Waals surface area contributed by atoms with Crippen molar-refractivity contribution >= 4 is 0 Å². The van der Waals surface area contributed by atoms with Gasteiger partial charge in [-0.2, -0.15) is 0 Å². The van der Waals surface area contributed by atoms with Crippen LogP contribution < -0.4 is 5.32 Å². The Morgan fingerprint density at radius 2 is 2.06 bits per heavy atom. The lowest BCUT2D eigenvalue weighted by Crippen LogP contribution is -2.19. The van der Waals surface area contributed by atoms with E-state index in [1.54, 1.807) is 0 Å². The highest BCUT2D eigenvalue weighted by Crippen LogP contribution is 2.21. The van der Waals surface area contributed by atoms with Crippen LogP contribution in [0.2, 0.25) is 0 Å². The third kappa shape index (κ3) is 2.79. The lowest BCUT2D eigenvalue weighted by molar-refractivity contribution is 0.494. The molecular weight excluding hydrogens is 224 g/mol. The van der Waals surface area contributed by atoms with Gasteiger partial charge >= 0.3 is 0 Å². The molecule has 1 heterocycles. The molecule has 1 saturated carbocycles. The first-order valence-corrected chi connectivity index (χ1v) is 6.56. The summed E-state index contributed by atoms with van der Waals surface area (Å²) in [5, 5.41) is 3.46. The Labute approximate surface area is 107 Å². The summed E-state index contributed by atoms with van der Waals surface area (Å²) in [6.07, 6.45) is 5.32. The highest BCUT2D eigenvalue weighted by Gasteiger charge is 2.19. The highest BCUT2D eigenvalue weighted by molar-refractivity contribution is 5.56. The number of oxazole rings is 1. The van der Waals surface area contributed by atoms with Crippen molar-refractivity contribution in [1.29, 1.82) is 0 Å². The first kappa shape index (κ1) is 11.5. The number of nitrogens with zero attached hydrogens (tertiary/aromatic N) is 1. The molecule has 1 aromatic carbocycles. The summed E-state index contributed by atoms with van der Waals surface area (Å²) in [7, 11) is 0. The third-order valence-electron chi connectivity index (χ3n) is 3.24. The molecule has 0 spiro atoms. The van der Waals surface area contributed by atoms with Crippen molar-refractivity contribution in [3.63, 3.8) is 0 Å². The Morgan fingerprint density at radius 1 is 1.28 bits per heavy atom. The summed E-state index contributed by atoms with van der Waals surface area (Å²) in [4.78, 5) is 4.33. The van der Waals surface area contributed by atoms with Crippen LogP contribution in [0.25, 0.3) is 11.3 Å². The molecule has 0 saturated heterocycles. The maximum atomic E-state index is 5.76. The molecule has 3 heteroatoms. The van der Waals surface area contributed by atoms with Crippen LogP contribution in [0, 0.1) is 6.92 Å². The van der Waals surface area contributed by atoms with Gasteiger partial charge in [-0.15, -0.1) is 0 Å². The van der Waals surface area contributed by atoms with Crippen LogP contribution in [0.3, 0.4) is 0 Å². The van der Waals surface area contributed by atoms with E-state index in [9.17, 15) is 0 Å². The van der Waals surface area contributed by atoms with E-state index in [0.29, 0.717) is 0 Å². The van der Waals surface area contributed by atoms with Crippen molar-refractivity contribution in [3.8, 4) is 11.3 Å². The quantitative estimate of drug-likeness (QED) is 0.876. The standard InChI is InChI=1S/C15H18N2O/c1-11-2-4-12(5-3-11)14-10-17-15(18-14)8-9-16-13-6-7-13/h2-5,10,13,16H,6-9H2,1H3. The lowest BCUT2D eigenvalue weighted by atomic mass is 10.1. The minimum atomic E-state index is 0.747. The summed E-state index contributed by atoms with van der Waals surface area (Å²) in [6, 6.07) is 9.07. The molecule has 18 heavy (non-hydrogen) atoms. The van der Waals surface area contributed by atoms with Crippen LogP contribution in [-0.2, 0) is 6.42 Å². The van der Waals surface area contributed by atoms with Gasteiger partial charge in [-0.3, -0.25) is 0 Å². The molecule has 94 valence electrons. The first-order chi connectivity index (χ1) is 8.81. The number of rotatable bonds is 5. The zero-order chi connectivity index (χ0) is 12.4. The van der Waals surface area contributed by atoms with E-state index in [0.717, 1.165) is 36.2 Å². The molecule has 0 bridgehead atoms. The Kier molecular flexibility index (Phi) is 3.15. The highest BCUT2D eigenvalue weighted by atomic mass is 16.4. The molecule has 0 unspecified atom stereocenters. The number of hydrogen-bond donors (Lipinski definition) is 1. The zero-order valence-electron chi connectivity index (χ0n) is 10.6. The van der Waals surface area contributed by atoms with Crippen LogP contribution in [-0.4, -0.2) is 17.6 Å². The maximum Gasteiger partial charge on any atom is 0.196 e. The predicted octanol–water partition coefficient (Wildman–Crippen LogP) is 2.94. The van der Waals surface area contributed by atoms with E-state index in [4.69, 9.17) is 4.42 Å². The Balaban J connectivity index is 1.62. The summed E-state index contributed by atoms with van der Waals surface area (Å²) < 4.78 is 5.76. The molecule has 1 aliphatic carbocycles. The minimum Gasteiger partial charge on any atom is -0.441 e. The van der Waals surface area contributed by atoms with Crippen molar-refractivity contribution in [2.75, 3.05) is 6.54 Å². The van der Waals surface area contributed by atoms with E-state index in [1.165, 1.54) is 18.4 Å². The molecule has 1 aliphatic rings. The van der Waals surface area contributed by atoms with E-state index in [1.807, 2.05) is 6.20 Å². The fraction of sp³-hybridized carbons (Fsp3) is 0.400. The van der Waals surface area contributed by atoms with Gasteiger partial charge in [0.05, 0.1) is 6.20 Å². The molecule has 1 N–H and O–H groups in total. The average molecular weight is 242 g/mol. The van der Waals surface area contributed by atoms with E-state index < -0.39 is 0 Å². The smallest absolute Gasteiger partial charge is 0.196 e. The van der Waals surface area contributed by atoms with Crippen LogP contribution in [0.15, 0.2) is 34.9 Å². The number of aromatic nitrogens is 1. The van der Waals surface area contributed by atoms with Gasteiger partial charge in [-0.1, -0.05) is 29.8 Å². The molecule has 1 aromatic heterocycles. The van der Waals surface area contributed by atoms with Crippen LogP contribution >= 0.6 is 0 Å². The zero-order valence-corrected chi connectivity index (χ0v) is 10.6. The van der Waals surface area contributed by atoms with E-state index in [2.05, 4.69) is 41.5 Å². The second kappa shape index (κ2) is 4.94. The largest absolute Gasteiger partial charge is 0.441 e. The molecule has 1 fully saturated rings. The lowest BCUT2D eigenvalue weighted by Gasteiger charge is -1.99. The Morgan fingerprint density at radius 3 is 2.78 bits per heavy atom. The van der Waals surface area contributed by atoms with Gasteiger partial charge in [-0.05, 0) is 19.8 Å². The fourth-order valence-electron chi connectivity index (χ4n) is 1.95. The van der Waals surface area contributed by atoms with Crippen molar-refractivity contribution in [3.05, 3.63) is 41.9 Å². The minimum absolute atomic E-state index is 0.747. The Bertz CT molecular complexity index is 512. The SMILES string of the molecule is Cc1ccc(-c2cnc(CCNC3CC3)o2)cc1. The van der Waals surface area contributed by atoms with E-state index >= 15 is 0 Å². The summed E-state index contributed by atoms with van der Waals surface area (Å²) >= 11 is 0. The molecule has 0 radical (unpaired) electrons. The summed E-state index contributed by atoms with van der Waals surface area (Å²) in [5.74, 6) is 1.68. The molecule has 0 atom stereocenters. The number of nitrogens with one attached hydrogen (secondary N) is 1. The Hall–Kier alpha value is -1.61. The number of hydrogen-bond acceptors (Lipinski definition) is 3. The van der Waals surface area contributed by atoms with Crippen molar-refractivity contribution in [2.24, 2.45) is 0 Å². The maximum absolute atomic E-state index is 5.76. The van der Waals surface area contributed by atoms with Gasteiger partial charge in [0, 0.05) is 24.6 Å². The van der Waals surface area contributed by atoms with Gasteiger partial charge in [0.15, 0.2) is 11.7 Å². The molecule has 3 nitrogen and oxygen atoms in total. The first-order valence-electron chi connectivity index (χ1n) is 6.56. The second-order valence-electron chi connectivity index (χ2n) is 4.96. The fourth-order valence-corrected chi connectivity index (χ4v) is 1.95. The van der Waals surface area contributed by atoms with Crippen molar-refractivity contribution in [1.82, 2.24) is 10.3 Å². The van der Waals surface area contributed by atoms with Gasteiger partial charge in [-0.25, -0.2) is 4.98 Å². The molecule has 0 amide bonds. The van der Waals surface area contributed by atoms with Gasteiger partial charge < -0.3 is 9.73 Å². The van der Waals surface area contributed by atoms with Crippen LogP contribution in [0.5, 0.6) is 0 Å². The second-order valence-corrected chi connectivity index (χ2v) is 4.96. The molecule has 3 rings (SSSR count).